The van der Waals surface area contributed by atoms with Crippen LogP contribution in [-0.4, -0.2) is 17.4 Å². The Labute approximate surface area is 154 Å². The van der Waals surface area contributed by atoms with Gasteiger partial charge in [-0.05, 0) is 42.7 Å². The number of amides is 1. The van der Waals surface area contributed by atoms with Crippen LogP contribution in [0.25, 0.3) is 10.9 Å². The lowest BCUT2D eigenvalue weighted by atomic mass is 9.95. The number of H-pyrrole nitrogens is 1. The summed E-state index contributed by atoms with van der Waals surface area (Å²) in [5, 5.41) is 4.73. The van der Waals surface area contributed by atoms with Crippen LogP contribution in [0.3, 0.4) is 0 Å². The molecule has 1 fully saturated rings. The van der Waals surface area contributed by atoms with Crippen LogP contribution in [-0.2, 0) is 5.41 Å². The first-order valence-corrected chi connectivity index (χ1v) is 8.75. The molecule has 3 nitrogen and oxygen atoms in total. The number of benzene rings is 2. The van der Waals surface area contributed by atoms with Crippen LogP contribution in [0.2, 0.25) is 10.0 Å². The van der Waals surface area contributed by atoms with E-state index in [1.165, 1.54) is 18.2 Å². The second-order valence-electron chi connectivity index (χ2n) is 6.45. The normalized spacial score (nSPS) is 15.3. The number of nitrogens with one attached hydrogen (secondary N) is 2. The van der Waals surface area contributed by atoms with Crippen LogP contribution in [0.4, 0.5) is 4.39 Å². The Hall–Kier alpha value is -2.04. The van der Waals surface area contributed by atoms with Crippen LogP contribution >= 0.6 is 23.2 Å². The Morgan fingerprint density at radius 1 is 1.24 bits per heavy atom. The van der Waals surface area contributed by atoms with Crippen molar-refractivity contribution in [1.82, 2.24) is 10.3 Å². The first kappa shape index (κ1) is 16.4. The molecule has 0 saturated heterocycles. The average Bonchev–Trinajstić information content (AvgIpc) is 3.25. The maximum atomic E-state index is 13.9. The number of carbonyl (C=O) groups excluding carboxylic acids is 1. The third kappa shape index (κ3) is 2.90. The van der Waals surface area contributed by atoms with E-state index < -0.39 is 11.7 Å². The fourth-order valence-electron chi connectivity index (χ4n) is 3.28. The Balaban J connectivity index is 1.57. The molecule has 0 atom stereocenters. The average molecular weight is 377 g/mol. The van der Waals surface area contributed by atoms with Gasteiger partial charge in [0.25, 0.3) is 5.91 Å². The third-order valence-electron chi connectivity index (χ3n) is 4.85. The predicted octanol–water partition coefficient (Wildman–Crippen LogP) is 5.08. The van der Waals surface area contributed by atoms with Gasteiger partial charge in [0, 0.05) is 34.1 Å². The zero-order valence-corrected chi connectivity index (χ0v) is 14.7. The quantitative estimate of drug-likeness (QED) is 0.655. The molecular formula is C19H15Cl2FN2O. The SMILES string of the molecule is O=C(NCC1(c2c[nH]c3cc(Cl)ccc23)CC1)c1c(F)cccc1Cl. The van der Waals surface area contributed by atoms with Crippen molar-refractivity contribution < 1.29 is 9.18 Å². The van der Waals surface area contributed by atoms with Crippen molar-refractivity contribution in [3.8, 4) is 0 Å². The molecule has 1 aromatic heterocycles. The smallest absolute Gasteiger partial charge is 0.255 e. The summed E-state index contributed by atoms with van der Waals surface area (Å²) in [6.07, 6.45) is 3.90. The number of carbonyl (C=O) groups is 1. The summed E-state index contributed by atoms with van der Waals surface area (Å²) in [7, 11) is 0. The zero-order valence-electron chi connectivity index (χ0n) is 13.2. The Bertz CT molecular complexity index is 958. The van der Waals surface area contributed by atoms with E-state index >= 15 is 0 Å². The van der Waals surface area contributed by atoms with Gasteiger partial charge in [-0.25, -0.2) is 4.39 Å². The Morgan fingerprint density at radius 3 is 2.76 bits per heavy atom. The van der Waals surface area contributed by atoms with Crippen LogP contribution in [0, 0.1) is 5.82 Å². The number of hydrogen-bond acceptors (Lipinski definition) is 1. The first-order chi connectivity index (χ1) is 12.0. The van der Waals surface area contributed by atoms with Crippen molar-refractivity contribution in [2.45, 2.75) is 18.3 Å². The lowest BCUT2D eigenvalue weighted by Crippen LogP contribution is -2.32. The molecule has 1 aliphatic rings. The van der Waals surface area contributed by atoms with Gasteiger partial charge in [0.15, 0.2) is 0 Å². The molecule has 2 aromatic carbocycles. The monoisotopic (exact) mass is 376 g/mol. The fraction of sp³-hybridized carbons (Fsp3) is 0.211. The number of aromatic amines is 1. The van der Waals surface area contributed by atoms with Crippen molar-refractivity contribution in [3.63, 3.8) is 0 Å². The van der Waals surface area contributed by atoms with Crippen molar-refractivity contribution in [2.24, 2.45) is 0 Å². The molecule has 25 heavy (non-hydrogen) atoms. The summed E-state index contributed by atoms with van der Waals surface area (Å²) in [4.78, 5) is 15.6. The number of hydrogen-bond donors (Lipinski definition) is 2. The van der Waals surface area contributed by atoms with Crippen LogP contribution < -0.4 is 5.32 Å². The summed E-state index contributed by atoms with van der Waals surface area (Å²) in [5.74, 6) is -1.10. The van der Waals surface area contributed by atoms with Crippen LogP contribution in [0.15, 0.2) is 42.6 Å². The van der Waals surface area contributed by atoms with Gasteiger partial charge in [-0.1, -0.05) is 35.3 Å². The minimum atomic E-state index is -0.614. The molecule has 0 bridgehead atoms. The van der Waals surface area contributed by atoms with Crippen molar-refractivity contribution in [3.05, 3.63) is 69.6 Å². The molecule has 1 amide bonds. The molecule has 2 N–H and O–H groups in total. The van der Waals surface area contributed by atoms with Gasteiger partial charge in [-0.15, -0.1) is 0 Å². The van der Waals surface area contributed by atoms with E-state index in [9.17, 15) is 9.18 Å². The van der Waals surface area contributed by atoms with E-state index in [1.807, 2.05) is 24.4 Å². The lowest BCUT2D eigenvalue weighted by molar-refractivity contribution is 0.0946. The van der Waals surface area contributed by atoms with Gasteiger partial charge in [0.2, 0.25) is 0 Å². The lowest BCUT2D eigenvalue weighted by Gasteiger charge is -2.16. The summed E-state index contributed by atoms with van der Waals surface area (Å²) >= 11 is 12.0. The zero-order chi connectivity index (χ0) is 17.6. The standard InChI is InChI=1S/C19H15Cl2FN2O/c20-11-4-5-12-13(9-23-16(12)8-11)19(6-7-19)10-24-18(25)17-14(21)2-1-3-15(17)22/h1-5,8-9,23H,6-7,10H2,(H,24,25). The minimum absolute atomic E-state index is 0.106. The van der Waals surface area contributed by atoms with E-state index in [1.54, 1.807) is 0 Å². The summed E-state index contributed by atoms with van der Waals surface area (Å²) in [5.41, 5.74) is 1.89. The van der Waals surface area contributed by atoms with Crippen molar-refractivity contribution >= 4 is 40.0 Å². The maximum absolute atomic E-state index is 13.9. The highest BCUT2D eigenvalue weighted by Gasteiger charge is 2.46. The highest BCUT2D eigenvalue weighted by atomic mass is 35.5. The Morgan fingerprint density at radius 2 is 2.04 bits per heavy atom. The molecule has 1 heterocycles. The molecule has 3 aromatic rings. The molecular weight excluding hydrogens is 362 g/mol. The number of rotatable bonds is 4. The predicted molar refractivity (Wildman–Crippen MR) is 98.0 cm³/mol. The largest absolute Gasteiger partial charge is 0.361 e. The van der Waals surface area contributed by atoms with E-state index in [0.29, 0.717) is 11.6 Å². The third-order valence-corrected chi connectivity index (χ3v) is 5.40. The van der Waals surface area contributed by atoms with Gasteiger partial charge in [-0.3, -0.25) is 4.79 Å². The second kappa shape index (κ2) is 6.04. The Kier molecular flexibility index (Phi) is 3.97. The highest BCUT2D eigenvalue weighted by Crippen LogP contribution is 2.50. The number of fused-ring (bicyclic) bond motifs is 1. The van der Waals surface area contributed by atoms with Gasteiger partial charge in [-0.2, -0.15) is 0 Å². The number of halogens is 3. The van der Waals surface area contributed by atoms with Crippen LogP contribution in [0.5, 0.6) is 0 Å². The van der Waals surface area contributed by atoms with E-state index in [2.05, 4.69) is 10.3 Å². The maximum Gasteiger partial charge on any atom is 0.255 e. The topological polar surface area (TPSA) is 44.9 Å². The van der Waals surface area contributed by atoms with E-state index in [-0.39, 0.29) is 16.0 Å². The molecule has 1 saturated carbocycles. The first-order valence-electron chi connectivity index (χ1n) is 7.99. The molecule has 0 spiro atoms. The molecule has 1 aliphatic carbocycles. The van der Waals surface area contributed by atoms with Crippen LogP contribution in [0.1, 0.15) is 28.8 Å². The fourth-order valence-corrected chi connectivity index (χ4v) is 3.70. The molecule has 0 unspecified atom stereocenters. The van der Waals surface area contributed by atoms with Gasteiger partial charge in [0.05, 0.1) is 10.6 Å². The van der Waals surface area contributed by atoms with Gasteiger partial charge < -0.3 is 10.3 Å². The molecule has 6 heteroatoms. The summed E-state index contributed by atoms with van der Waals surface area (Å²) in [6, 6.07) is 9.95. The number of aromatic nitrogens is 1. The van der Waals surface area contributed by atoms with Crippen molar-refractivity contribution in [2.75, 3.05) is 6.54 Å². The van der Waals surface area contributed by atoms with Gasteiger partial charge in [0.1, 0.15) is 5.82 Å². The molecule has 0 aliphatic heterocycles. The minimum Gasteiger partial charge on any atom is -0.361 e. The molecule has 128 valence electrons. The van der Waals surface area contributed by atoms with E-state index in [0.717, 1.165) is 29.3 Å². The van der Waals surface area contributed by atoms with Gasteiger partial charge >= 0.3 is 0 Å². The molecule has 0 radical (unpaired) electrons. The highest BCUT2D eigenvalue weighted by molar-refractivity contribution is 6.33. The summed E-state index contributed by atoms with van der Waals surface area (Å²) < 4.78 is 13.9. The second-order valence-corrected chi connectivity index (χ2v) is 7.30. The van der Waals surface area contributed by atoms with E-state index in [4.69, 9.17) is 23.2 Å². The molecule has 4 rings (SSSR count). The summed E-state index contributed by atoms with van der Waals surface area (Å²) in [6.45, 7) is 0.437. The van der Waals surface area contributed by atoms with Crippen molar-refractivity contribution in [1.29, 1.82) is 0 Å².